The molecule has 2 aromatic rings. The predicted molar refractivity (Wildman–Crippen MR) is 175 cm³/mol. The van der Waals surface area contributed by atoms with Gasteiger partial charge < -0.3 is 24.2 Å². The van der Waals surface area contributed by atoms with Gasteiger partial charge in [0.05, 0.1) is 26.0 Å². The summed E-state index contributed by atoms with van der Waals surface area (Å²) in [7, 11) is 1.52. The Morgan fingerprint density at radius 2 is 1.94 bits per heavy atom. The van der Waals surface area contributed by atoms with Crippen LogP contribution in [-0.4, -0.2) is 84.2 Å². The van der Waals surface area contributed by atoms with Crippen LogP contribution < -0.4 is 19.1 Å². The first kappa shape index (κ1) is 34.1. The molecule has 0 bridgehead atoms. The Morgan fingerprint density at radius 1 is 1.17 bits per heavy atom. The van der Waals surface area contributed by atoms with E-state index in [2.05, 4.69) is 13.8 Å². The molecule has 0 unspecified atom stereocenters. The molecule has 0 saturated carbocycles. The van der Waals surface area contributed by atoms with E-state index in [1.807, 2.05) is 11.0 Å². The summed E-state index contributed by atoms with van der Waals surface area (Å²) in [5, 5.41) is 10.7. The molecule has 252 valence electrons. The zero-order valence-corrected chi connectivity index (χ0v) is 27.6. The fourth-order valence-corrected chi connectivity index (χ4v) is 7.21. The highest BCUT2D eigenvalue weighted by atomic mass is 19.1. The van der Waals surface area contributed by atoms with Gasteiger partial charge in [-0.1, -0.05) is 32.8 Å². The van der Waals surface area contributed by atoms with Crippen molar-refractivity contribution < 1.29 is 42.7 Å². The minimum Gasteiger partial charge on any atom is -0.493 e. The number of carboxylic acids is 1. The number of fused-ring (bicyclic) bond motifs is 1. The Kier molecular flexibility index (Phi) is 11.0. The molecular weight excluding hydrogens is 605 g/mol. The zero-order valence-electron chi connectivity index (χ0n) is 27.6. The molecule has 3 aliphatic heterocycles. The minimum absolute atomic E-state index is 0.0372. The lowest BCUT2D eigenvalue weighted by Gasteiger charge is -2.35. The van der Waals surface area contributed by atoms with Crippen molar-refractivity contribution in [3.05, 3.63) is 59.4 Å². The molecule has 0 spiro atoms. The van der Waals surface area contributed by atoms with Gasteiger partial charge in [0.25, 0.3) is 0 Å². The van der Waals surface area contributed by atoms with E-state index in [4.69, 9.17) is 14.2 Å². The number of hydrogen-bond donors (Lipinski definition) is 1. The standard InChI is InChI=1S/C36H44FN3O7/c1-5-9-25(10-6-2)40(26-12-13-28(37)23(3)17-26)33(42)21-39-20-27(24-18-30(45-4)35-31(19-24)46-22-47-35)34(36(43)44)29(39)14-16-38-15-8-7-11-32(38)41/h7-8,12-13,15,17-19,25,27,29,34H,5-6,9-11,14,16,20-22H2,1-4H3/p+1/t27-,29+,34-/m1/s1. The predicted octanol–water partition coefficient (Wildman–Crippen LogP) is 5.30. The van der Waals surface area contributed by atoms with Gasteiger partial charge >= 0.3 is 11.9 Å². The summed E-state index contributed by atoms with van der Waals surface area (Å²) < 4.78 is 32.8. The molecule has 2 amide bonds. The summed E-state index contributed by atoms with van der Waals surface area (Å²) in [4.78, 5) is 43.9. The molecule has 10 nitrogen and oxygen atoms in total. The molecule has 3 aliphatic rings. The van der Waals surface area contributed by atoms with Crippen molar-refractivity contribution in [3.8, 4) is 17.2 Å². The molecular formula is C36H45FN3O7+. The monoisotopic (exact) mass is 650 g/mol. The molecule has 2 aromatic carbocycles. The van der Waals surface area contributed by atoms with Gasteiger partial charge in [-0.15, -0.1) is 0 Å². The summed E-state index contributed by atoms with van der Waals surface area (Å²) in [6.45, 7) is 6.44. The number of likely N-dealkylation sites (tertiary alicyclic amines) is 1. The van der Waals surface area contributed by atoms with Crippen LogP contribution in [0.5, 0.6) is 17.2 Å². The van der Waals surface area contributed by atoms with Gasteiger partial charge in [0, 0.05) is 36.7 Å². The number of methoxy groups -OCH3 is 1. The third kappa shape index (κ3) is 7.35. The molecule has 1 saturated heterocycles. The van der Waals surface area contributed by atoms with Crippen LogP contribution in [0.2, 0.25) is 0 Å². The largest absolute Gasteiger partial charge is 0.493 e. The molecule has 0 radical (unpaired) electrons. The van der Waals surface area contributed by atoms with Crippen molar-refractivity contribution in [2.75, 3.05) is 38.4 Å². The second kappa shape index (κ2) is 15.1. The summed E-state index contributed by atoms with van der Waals surface area (Å²) in [6, 6.07) is 7.68. The highest BCUT2D eigenvalue weighted by molar-refractivity contribution is 5.95. The number of anilines is 1. The van der Waals surface area contributed by atoms with E-state index in [-0.39, 0.29) is 50.0 Å². The number of aryl methyl sites for hydroxylation is 1. The van der Waals surface area contributed by atoms with E-state index in [0.29, 0.717) is 47.0 Å². The van der Waals surface area contributed by atoms with Gasteiger partial charge in [-0.25, -0.2) is 9.18 Å². The molecule has 0 aliphatic carbocycles. The Bertz CT molecular complexity index is 1550. The fraction of sp³-hybridized carbons (Fsp3) is 0.500. The molecule has 0 aromatic heterocycles. The van der Waals surface area contributed by atoms with E-state index in [0.717, 1.165) is 25.7 Å². The number of carbonyl (C=O) groups is 3. The van der Waals surface area contributed by atoms with Crippen LogP contribution >= 0.6 is 0 Å². The first-order valence-electron chi connectivity index (χ1n) is 16.5. The smallest absolute Gasteiger partial charge is 0.390 e. The second-order valence-electron chi connectivity index (χ2n) is 12.5. The Hall–Kier alpha value is -4.25. The normalized spacial score (nSPS) is 20.5. The third-order valence-electron chi connectivity index (χ3n) is 9.46. The number of rotatable bonds is 14. The highest BCUT2D eigenvalue weighted by Gasteiger charge is 2.48. The maximum absolute atomic E-state index is 14.5. The lowest BCUT2D eigenvalue weighted by molar-refractivity contribution is -0.446. The maximum atomic E-state index is 14.5. The summed E-state index contributed by atoms with van der Waals surface area (Å²) in [5.74, 6) is -1.54. The SMILES string of the molecule is CCCC(CCC)N(C(=O)CN1C[C@H](c2cc(OC)c3c(c2)OCO3)[C@@H](C(=O)O)[C@@H]1CC[N+]1=CC=CCC1=O)c1ccc(F)c(C)c1. The van der Waals surface area contributed by atoms with Crippen molar-refractivity contribution in [1.82, 2.24) is 4.90 Å². The van der Waals surface area contributed by atoms with Crippen LogP contribution in [0, 0.1) is 18.7 Å². The van der Waals surface area contributed by atoms with Gasteiger partial charge in [0.2, 0.25) is 18.4 Å². The molecule has 1 N–H and O–H groups in total. The summed E-state index contributed by atoms with van der Waals surface area (Å²) in [5.41, 5.74) is 1.79. The summed E-state index contributed by atoms with van der Waals surface area (Å²) >= 11 is 0. The lowest BCUT2D eigenvalue weighted by atomic mass is 9.84. The number of amides is 2. The van der Waals surface area contributed by atoms with Gasteiger partial charge in [0.1, 0.15) is 5.82 Å². The minimum atomic E-state index is -0.985. The van der Waals surface area contributed by atoms with Crippen LogP contribution in [0.3, 0.4) is 0 Å². The number of halogens is 1. The topological polar surface area (TPSA) is 109 Å². The number of allylic oxidation sites excluding steroid dienone is 1. The maximum Gasteiger partial charge on any atom is 0.390 e. The second-order valence-corrected chi connectivity index (χ2v) is 12.5. The van der Waals surface area contributed by atoms with Crippen molar-refractivity contribution in [3.63, 3.8) is 0 Å². The lowest BCUT2D eigenvalue weighted by Crippen LogP contribution is -2.48. The number of aliphatic carboxylic acids is 1. The highest BCUT2D eigenvalue weighted by Crippen LogP contribution is 2.47. The van der Waals surface area contributed by atoms with Crippen LogP contribution in [0.4, 0.5) is 10.1 Å². The Balaban J connectivity index is 1.52. The fourth-order valence-electron chi connectivity index (χ4n) is 7.21. The Morgan fingerprint density at radius 3 is 2.60 bits per heavy atom. The van der Waals surface area contributed by atoms with Crippen LogP contribution in [-0.2, 0) is 14.4 Å². The Labute approximate surface area is 275 Å². The van der Waals surface area contributed by atoms with Gasteiger partial charge in [-0.05, 0) is 67.3 Å². The third-order valence-corrected chi connectivity index (χ3v) is 9.46. The molecule has 3 heterocycles. The van der Waals surface area contributed by atoms with Crippen molar-refractivity contribution in [2.45, 2.75) is 77.3 Å². The number of ether oxygens (including phenoxy) is 3. The van der Waals surface area contributed by atoms with E-state index in [9.17, 15) is 23.9 Å². The van der Waals surface area contributed by atoms with Crippen LogP contribution in [0.1, 0.15) is 69.4 Å². The average molecular weight is 651 g/mol. The number of carboxylic acid groups (broad SMARTS) is 1. The molecule has 47 heavy (non-hydrogen) atoms. The zero-order chi connectivity index (χ0) is 33.7. The number of nitrogens with zero attached hydrogens (tertiary/aromatic N) is 3. The first-order valence-corrected chi connectivity index (χ1v) is 16.5. The number of carbonyl (C=O) groups excluding carboxylic acids is 2. The number of hydrogen-bond acceptors (Lipinski definition) is 7. The van der Waals surface area contributed by atoms with E-state index >= 15 is 0 Å². The van der Waals surface area contributed by atoms with Crippen molar-refractivity contribution >= 4 is 29.7 Å². The average Bonchev–Trinajstić information content (AvgIpc) is 3.67. The van der Waals surface area contributed by atoms with Crippen molar-refractivity contribution in [1.29, 1.82) is 0 Å². The van der Waals surface area contributed by atoms with Crippen LogP contribution in [0.25, 0.3) is 0 Å². The van der Waals surface area contributed by atoms with Gasteiger partial charge in [-0.2, -0.15) is 4.58 Å². The van der Waals surface area contributed by atoms with Gasteiger partial charge in [0.15, 0.2) is 24.3 Å². The molecule has 11 heteroatoms. The summed E-state index contributed by atoms with van der Waals surface area (Å²) in [6.07, 6.45) is 9.24. The number of benzene rings is 2. The molecule has 5 rings (SSSR count). The quantitative estimate of drug-likeness (QED) is 0.275. The molecule has 1 fully saturated rings. The van der Waals surface area contributed by atoms with Gasteiger partial charge in [-0.3, -0.25) is 14.5 Å². The molecule has 3 atom stereocenters. The van der Waals surface area contributed by atoms with E-state index in [1.165, 1.54) is 13.2 Å². The first-order chi connectivity index (χ1) is 22.7. The van der Waals surface area contributed by atoms with E-state index in [1.54, 1.807) is 53.0 Å². The van der Waals surface area contributed by atoms with Crippen molar-refractivity contribution in [2.24, 2.45) is 5.92 Å². The van der Waals surface area contributed by atoms with Crippen LogP contribution in [0.15, 0.2) is 42.5 Å². The van der Waals surface area contributed by atoms with E-state index < -0.39 is 23.8 Å².